The maximum atomic E-state index is 9.58. The molecule has 25 heavy (non-hydrogen) atoms. The summed E-state index contributed by atoms with van der Waals surface area (Å²) in [6.07, 6.45) is 1.94. The average Bonchev–Trinajstić information content (AvgIpc) is 3.05. The summed E-state index contributed by atoms with van der Waals surface area (Å²) < 4.78 is 3.80. The molecule has 7 heteroatoms. The molecule has 0 aliphatic rings. The summed E-state index contributed by atoms with van der Waals surface area (Å²) in [7, 11) is 1.93. The van der Waals surface area contributed by atoms with E-state index >= 15 is 0 Å². The average molecular weight is 359 g/mol. The molecule has 130 valence electrons. The number of rotatable bonds is 3. The third kappa shape index (κ3) is 2.64. The summed E-state index contributed by atoms with van der Waals surface area (Å²) in [5.74, 6) is 0.157. The number of hydrogen-bond donors (Lipinski definition) is 3. The van der Waals surface area contributed by atoms with Crippen molar-refractivity contribution in [2.24, 2.45) is 17.9 Å². The van der Waals surface area contributed by atoms with E-state index in [4.69, 9.17) is 17.3 Å². The van der Waals surface area contributed by atoms with Crippen molar-refractivity contribution in [1.82, 2.24) is 9.13 Å². The summed E-state index contributed by atoms with van der Waals surface area (Å²) in [5, 5.41) is 22.5. The molecule has 2 aromatic heterocycles. The molecule has 0 saturated carbocycles. The molecule has 0 atom stereocenters. The van der Waals surface area contributed by atoms with Gasteiger partial charge in [0.05, 0.1) is 17.0 Å². The number of phenolic OH excluding ortho intramolecular Hbond substituents is 1. The van der Waals surface area contributed by atoms with Gasteiger partial charge in [-0.1, -0.05) is 16.8 Å². The maximum absolute atomic E-state index is 9.58. The van der Waals surface area contributed by atoms with Crippen LogP contribution in [-0.4, -0.2) is 25.3 Å². The highest BCUT2D eigenvalue weighted by molar-refractivity contribution is 6.32. The molecule has 0 amide bonds. The highest BCUT2D eigenvalue weighted by Gasteiger charge is 2.26. The summed E-state index contributed by atoms with van der Waals surface area (Å²) in [5.41, 5.74) is 10.7. The predicted octanol–water partition coefficient (Wildman–Crippen LogP) is 3.55. The fraction of sp³-hybridized carbons (Fsp3) is 0.167. The molecular weight excluding hydrogens is 340 g/mol. The van der Waals surface area contributed by atoms with Gasteiger partial charge in [-0.2, -0.15) is 0 Å². The zero-order valence-corrected chi connectivity index (χ0v) is 14.9. The smallest absolute Gasteiger partial charge is 0.172 e. The predicted molar refractivity (Wildman–Crippen MR) is 98.8 cm³/mol. The molecule has 0 bridgehead atoms. The SMILES string of the molecule is Cc1ccn(C)c1-c1c(C(N)=NO)c(C)c(Cl)n1-c1ccc(O)cc1. The fourth-order valence-corrected chi connectivity index (χ4v) is 3.38. The largest absolute Gasteiger partial charge is 0.508 e. The summed E-state index contributed by atoms with van der Waals surface area (Å²) in [4.78, 5) is 0. The van der Waals surface area contributed by atoms with Gasteiger partial charge >= 0.3 is 0 Å². The first kappa shape index (κ1) is 17.0. The lowest BCUT2D eigenvalue weighted by Crippen LogP contribution is -2.16. The number of nitrogens with two attached hydrogens (primary N) is 1. The van der Waals surface area contributed by atoms with Crippen LogP contribution in [0.15, 0.2) is 41.7 Å². The summed E-state index contributed by atoms with van der Waals surface area (Å²) >= 11 is 6.62. The van der Waals surface area contributed by atoms with Crippen molar-refractivity contribution < 1.29 is 10.3 Å². The summed E-state index contributed by atoms with van der Waals surface area (Å²) in [6.45, 7) is 3.82. The number of halogens is 1. The molecule has 1 aromatic carbocycles. The molecule has 0 saturated heterocycles. The van der Waals surface area contributed by atoms with E-state index in [0.29, 0.717) is 16.3 Å². The van der Waals surface area contributed by atoms with Crippen LogP contribution in [-0.2, 0) is 7.05 Å². The van der Waals surface area contributed by atoms with Gasteiger partial charge < -0.3 is 20.6 Å². The van der Waals surface area contributed by atoms with Gasteiger partial charge in [0.2, 0.25) is 0 Å². The molecule has 3 aromatic rings. The number of oxime groups is 1. The Kier molecular flexibility index (Phi) is 4.22. The first-order valence-corrected chi connectivity index (χ1v) is 8.05. The molecule has 0 unspecified atom stereocenters. The Labute approximate surface area is 150 Å². The zero-order chi connectivity index (χ0) is 18.3. The highest BCUT2D eigenvalue weighted by Crippen LogP contribution is 2.38. The van der Waals surface area contributed by atoms with Gasteiger partial charge in [-0.25, -0.2) is 0 Å². The van der Waals surface area contributed by atoms with Crippen LogP contribution in [0.5, 0.6) is 5.75 Å². The Bertz CT molecular complexity index is 949. The Morgan fingerprint density at radius 2 is 1.76 bits per heavy atom. The number of aryl methyl sites for hydroxylation is 2. The molecule has 0 fully saturated rings. The standard InChI is InChI=1S/C18H19ClN4O2/c1-10-8-9-22(3)15(10)16-14(18(20)21-25)11(2)17(19)23(16)12-4-6-13(24)7-5-12/h4-9,24-25H,1-3H3,(H2,20,21). The van der Waals surface area contributed by atoms with Crippen molar-refractivity contribution >= 4 is 17.4 Å². The Morgan fingerprint density at radius 1 is 1.12 bits per heavy atom. The van der Waals surface area contributed by atoms with E-state index in [2.05, 4.69) is 5.16 Å². The number of amidine groups is 1. The van der Waals surface area contributed by atoms with E-state index < -0.39 is 0 Å². The van der Waals surface area contributed by atoms with Gasteiger partial charge in [0.15, 0.2) is 5.84 Å². The van der Waals surface area contributed by atoms with Crippen LogP contribution in [0.2, 0.25) is 5.15 Å². The van der Waals surface area contributed by atoms with Crippen molar-refractivity contribution in [3.63, 3.8) is 0 Å². The third-order valence-corrected chi connectivity index (χ3v) is 4.76. The molecule has 0 aliphatic carbocycles. The Hall–Kier alpha value is -2.86. The molecule has 0 aliphatic heterocycles. The number of nitrogens with zero attached hydrogens (tertiary/aromatic N) is 3. The van der Waals surface area contributed by atoms with Crippen molar-refractivity contribution in [3.05, 3.63) is 58.4 Å². The van der Waals surface area contributed by atoms with E-state index in [1.165, 1.54) is 0 Å². The van der Waals surface area contributed by atoms with Crippen molar-refractivity contribution in [2.75, 3.05) is 0 Å². The normalized spacial score (nSPS) is 11.9. The quantitative estimate of drug-likeness (QED) is 0.289. The van der Waals surface area contributed by atoms with Crippen LogP contribution in [0.1, 0.15) is 16.7 Å². The third-order valence-electron chi connectivity index (χ3n) is 4.31. The molecule has 2 heterocycles. The van der Waals surface area contributed by atoms with Crippen LogP contribution >= 0.6 is 11.6 Å². The highest BCUT2D eigenvalue weighted by atomic mass is 35.5. The molecule has 3 rings (SSSR count). The second-order valence-corrected chi connectivity index (χ2v) is 6.29. The minimum absolute atomic E-state index is 0.00692. The minimum atomic E-state index is -0.00692. The molecule has 6 nitrogen and oxygen atoms in total. The maximum Gasteiger partial charge on any atom is 0.172 e. The topological polar surface area (TPSA) is 88.7 Å². The molecule has 0 radical (unpaired) electrons. The number of aromatic nitrogens is 2. The van der Waals surface area contributed by atoms with Crippen molar-refractivity contribution in [1.29, 1.82) is 0 Å². The fourth-order valence-electron chi connectivity index (χ4n) is 3.10. The zero-order valence-electron chi connectivity index (χ0n) is 14.2. The molecule has 4 N–H and O–H groups in total. The van der Waals surface area contributed by atoms with Crippen molar-refractivity contribution in [2.45, 2.75) is 13.8 Å². The van der Waals surface area contributed by atoms with Crippen LogP contribution in [0.3, 0.4) is 0 Å². The lowest BCUT2D eigenvalue weighted by atomic mass is 10.1. The Morgan fingerprint density at radius 3 is 2.28 bits per heavy atom. The minimum Gasteiger partial charge on any atom is -0.508 e. The van der Waals surface area contributed by atoms with Gasteiger partial charge in [-0.05, 0) is 55.3 Å². The van der Waals surface area contributed by atoms with Crippen LogP contribution in [0.25, 0.3) is 17.1 Å². The second-order valence-electron chi connectivity index (χ2n) is 5.93. The van der Waals surface area contributed by atoms with Gasteiger partial charge in [0, 0.05) is 18.9 Å². The lowest BCUT2D eigenvalue weighted by molar-refractivity contribution is 0.318. The van der Waals surface area contributed by atoms with E-state index in [0.717, 1.165) is 22.6 Å². The van der Waals surface area contributed by atoms with Crippen LogP contribution in [0, 0.1) is 13.8 Å². The summed E-state index contributed by atoms with van der Waals surface area (Å²) in [6, 6.07) is 8.69. The van der Waals surface area contributed by atoms with E-state index in [1.807, 2.05) is 42.3 Å². The van der Waals surface area contributed by atoms with Gasteiger partial charge in [0.25, 0.3) is 0 Å². The number of aromatic hydroxyl groups is 1. The lowest BCUT2D eigenvalue weighted by Gasteiger charge is -2.14. The number of phenols is 1. The van der Waals surface area contributed by atoms with E-state index in [-0.39, 0.29) is 11.6 Å². The number of benzene rings is 1. The second kappa shape index (κ2) is 6.22. The molecule has 0 spiro atoms. The van der Waals surface area contributed by atoms with Crippen LogP contribution < -0.4 is 5.73 Å². The van der Waals surface area contributed by atoms with E-state index in [9.17, 15) is 10.3 Å². The first-order chi connectivity index (χ1) is 11.9. The number of hydrogen-bond acceptors (Lipinski definition) is 3. The Balaban J connectivity index is 2.45. The van der Waals surface area contributed by atoms with Crippen molar-refractivity contribution in [3.8, 4) is 22.8 Å². The monoisotopic (exact) mass is 358 g/mol. The first-order valence-electron chi connectivity index (χ1n) is 7.67. The van der Waals surface area contributed by atoms with E-state index in [1.54, 1.807) is 24.3 Å². The van der Waals surface area contributed by atoms with Gasteiger partial charge in [-0.15, -0.1) is 0 Å². The van der Waals surface area contributed by atoms with Gasteiger partial charge in [-0.3, -0.25) is 4.57 Å². The van der Waals surface area contributed by atoms with Gasteiger partial charge in [0.1, 0.15) is 10.9 Å². The molecular formula is C18H19ClN4O2. The van der Waals surface area contributed by atoms with Crippen LogP contribution in [0.4, 0.5) is 0 Å².